The number of amides is 2. The van der Waals surface area contributed by atoms with Gasteiger partial charge in [0, 0.05) is 6.42 Å². The van der Waals surface area contributed by atoms with E-state index in [1.807, 2.05) is 60.7 Å². The minimum absolute atomic E-state index is 0.0653. The first-order chi connectivity index (χ1) is 22.3. The number of benzene rings is 3. The number of rotatable bonds is 20. The molecule has 0 saturated carbocycles. The summed E-state index contributed by atoms with van der Waals surface area (Å²) >= 11 is 0. The van der Waals surface area contributed by atoms with Crippen LogP contribution in [0.3, 0.4) is 0 Å². The lowest BCUT2D eigenvalue weighted by molar-refractivity contribution is -0.150. The molecule has 3 N–H and O–H groups in total. The van der Waals surface area contributed by atoms with Crippen LogP contribution in [0.1, 0.15) is 42.4 Å². The van der Waals surface area contributed by atoms with Crippen LogP contribution in [0.2, 0.25) is 0 Å². The van der Waals surface area contributed by atoms with Gasteiger partial charge in [-0.05, 0) is 67.3 Å². The first kappa shape index (κ1) is 35.9. The molecule has 0 saturated heterocycles. The van der Waals surface area contributed by atoms with Gasteiger partial charge in [0.15, 0.2) is 0 Å². The predicted octanol–water partition coefficient (Wildman–Crippen LogP) is 5.52. The summed E-state index contributed by atoms with van der Waals surface area (Å²) in [6, 6.07) is 24.1. The van der Waals surface area contributed by atoms with Gasteiger partial charge in [0.05, 0.1) is 30.5 Å². The van der Waals surface area contributed by atoms with Gasteiger partial charge in [-0.25, -0.2) is 4.39 Å². The summed E-state index contributed by atoms with van der Waals surface area (Å²) < 4.78 is 19.2. The van der Waals surface area contributed by atoms with Gasteiger partial charge in [-0.15, -0.1) is 13.2 Å². The maximum Gasteiger partial charge on any atom is 0.309 e. The molecule has 0 fully saturated rings. The fourth-order valence-corrected chi connectivity index (χ4v) is 5.25. The molecule has 8 heteroatoms. The summed E-state index contributed by atoms with van der Waals surface area (Å²) in [5.74, 6) is -2.64. The summed E-state index contributed by atoms with van der Waals surface area (Å²) in [6.45, 7) is 7.22. The molecule has 4 atom stereocenters. The van der Waals surface area contributed by atoms with Crippen molar-refractivity contribution < 1.29 is 28.6 Å². The third kappa shape index (κ3) is 12.8. The van der Waals surface area contributed by atoms with Gasteiger partial charge in [0.25, 0.3) is 0 Å². The molecule has 3 aromatic rings. The molecule has 0 aliphatic heterocycles. The zero-order valence-corrected chi connectivity index (χ0v) is 26.3. The number of carbonyl (C=O) groups is 3. The second-order valence-electron chi connectivity index (χ2n) is 11.5. The largest absolute Gasteiger partial charge is 0.463 e. The van der Waals surface area contributed by atoms with E-state index in [0.29, 0.717) is 32.1 Å². The first-order valence-electron chi connectivity index (χ1n) is 15.7. The van der Waals surface area contributed by atoms with Gasteiger partial charge in [-0.2, -0.15) is 0 Å². The smallest absolute Gasteiger partial charge is 0.309 e. The van der Waals surface area contributed by atoms with Gasteiger partial charge in [-0.3, -0.25) is 14.4 Å². The Labute approximate surface area is 271 Å². The Hall–Kier alpha value is -4.56. The van der Waals surface area contributed by atoms with Crippen LogP contribution in [0.15, 0.2) is 110 Å². The number of hydrogen-bond donors (Lipinski definition) is 3. The topological polar surface area (TPSA) is 105 Å². The fraction of sp³-hybridized carbons (Fsp3) is 0.342. The molecule has 2 amide bonds. The highest BCUT2D eigenvalue weighted by molar-refractivity contribution is 5.86. The Bertz CT molecular complexity index is 1380. The lowest BCUT2D eigenvalue weighted by atomic mass is 9.94. The highest BCUT2D eigenvalue weighted by atomic mass is 19.1. The van der Waals surface area contributed by atoms with E-state index in [-0.39, 0.29) is 43.7 Å². The molecule has 0 heterocycles. The normalized spacial score (nSPS) is 13.4. The number of nitrogens with one attached hydrogen (secondary N) is 2. The molecule has 0 aliphatic rings. The van der Waals surface area contributed by atoms with Gasteiger partial charge < -0.3 is 20.5 Å². The van der Waals surface area contributed by atoms with E-state index >= 15 is 0 Å². The van der Waals surface area contributed by atoms with Crippen molar-refractivity contribution in [3.05, 3.63) is 133 Å². The predicted molar refractivity (Wildman–Crippen MR) is 178 cm³/mol. The van der Waals surface area contributed by atoms with Gasteiger partial charge in [0.1, 0.15) is 12.4 Å². The Morgan fingerprint density at radius 2 is 1.35 bits per heavy atom. The van der Waals surface area contributed by atoms with E-state index < -0.39 is 29.9 Å². The van der Waals surface area contributed by atoms with Crippen LogP contribution in [0, 0.1) is 17.7 Å². The molecule has 0 unspecified atom stereocenters. The van der Waals surface area contributed by atoms with Crippen molar-refractivity contribution in [2.45, 2.75) is 57.0 Å². The van der Waals surface area contributed by atoms with Crippen molar-refractivity contribution in [1.29, 1.82) is 0 Å². The average molecular weight is 629 g/mol. The van der Waals surface area contributed by atoms with Crippen molar-refractivity contribution >= 4 is 17.8 Å². The maximum absolute atomic E-state index is 13.5. The number of halogens is 1. The van der Waals surface area contributed by atoms with E-state index in [2.05, 4.69) is 23.8 Å². The van der Waals surface area contributed by atoms with E-state index in [0.717, 1.165) is 16.7 Å². The van der Waals surface area contributed by atoms with Crippen LogP contribution in [-0.4, -0.2) is 48.2 Å². The Morgan fingerprint density at radius 1 is 0.761 bits per heavy atom. The third-order valence-corrected chi connectivity index (χ3v) is 7.71. The van der Waals surface area contributed by atoms with Crippen molar-refractivity contribution in [3.63, 3.8) is 0 Å². The first-order valence-corrected chi connectivity index (χ1v) is 15.7. The standard InChI is InChI=1S/C38H45FN2O5/c1-3-5-17-32(22-30-18-20-33(39)21-19-30)38(45)46-27-35(24-29-15-10-7-11-16-29)41-37(44)31(12-4-2)25-36(43)40-34(26-42)23-28-13-8-6-9-14-28/h3-4,6-11,13-16,18-21,31-32,34-35,42H,1-2,5,12,17,22-27H2,(H,40,43)(H,41,44)/t31-,32-,34+,35+/m0/s1. The summed E-state index contributed by atoms with van der Waals surface area (Å²) in [5, 5.41) is 15.7. The number of aliphatic hydroxyl groups excluding tert-OH is 1. The van der Waals surface area contributed by atoms with Gasteiger partial charge in [0.2, 0.25) is 11.8 Å². The van der Waals surface area contributed by atoms with Gasteiger partial charge >= 0.3 is 5.97 Å². The third-order valence-electron chi connectivity index (χ3n) is 7.71. The van der Waals surface area contributed by atoms with E-state index in [1.165, 1.54) is 12.1 Å². The lowest BCUT2D eigenvalue weighted by Gasteiger charge is -2.24. The molecule has 7 nitrogen and oxygen atoms in total. The fourth-order valence-electron chi connectivity index (χ4n) is 5.25. The highest BCUT2D eigenvalue weighted by Crippen LogP contribution is 2.18. The molecular formula is C38H45FN2O5. The van der Waals surface area contributed by atoms with Crippen molar-refractivity contribution in [3.8, 4) is 0 Å². The van der Waals surface area contributed by atoms with Crippen LogP contribution < -0.4 is 10.6 Å². The number of allylic oxidation sites excluding steroid dienone is 2. The molecule has 3 rings (SSSR count). The monoisotopic (exact) mass is 628 g/mol. The van der Waals surface area contributed by atoms with Crippen LogP contribution in [-0.2, 0) is 38.4 Å². The Balaban J connectivity index is 1.67. The molecule has 0 spiro atoms. The van der Waals surface area contributed by atoms with Gasteiger partial charge in [-0.1, -0.05) is 84.9 Å². The van der Waals surface area contributed by atoms with Crippen LogP contribution >= 0.6 is 0 Å². The number of aliphatic hydroxyl groups is 1. The number of ether oxygens (including phenoxy) is 1. The summed E-state index contributed by atoms with van der Waals surface area (Å²) in [6.07, 6.45) is 5.89. The molecular weight excluding hydrogens is 583 g/mol. The second-order valence-corrected chi connectivity index (χ2v) is 11.5. The number of esters is 1. The van der Waals surface area contributed by atoms with E-state index in [9.17, 15) is 23.9 Å². The Kier molecular flexibility index (Phi) is 15.4. The van der Waals surface area contributed by atoms with Crippen molar-refractivity contribution in [2.75, 3.05) is 13.2 Å². The number of carbonyl (C=O) groups excluding carboxylic acids is 3. The van der Waals surface area contributed by atoms with E-state index in [4.69, 9.17) is 4.74 Å². The zero-order chi connectivity index (χ0) is 33.1. The molecule has 244 valence electrons. The molecule has 46 heavy (non-hydrogen) atoms. The summed E-state index contributed by atoms with van der Waals surface area (Å²) in [4.78, 5) is 39.8. The van der Waals surface area contributed by atoms with Crippen LogP contribution in [0.25, 0.3) is 0 Å². The van der Waals surface area contributed by atoms with Crippen molar-refractivity contribution in [2.24, 2.45) is 11.8 Å². The molecule has 0 aromatic heterocycles. The number of hydrogen-bond acceptors (Lipinski definition) is 5. The molecule has 3 aromatic carbocycles. The second kappa shape index (κ2) is 19.7. The highest BCUT2D eigenvalue weighted by Gasteiger charge is 2.27. The molecule has 0 aliphatic carbocycles. The SMILES string of the molecule is C=CCC[C@@H](Cc1ccc(F)cc1)C(=O)OC[C@@H](Cc1ccccc1)NC(=O)[C@@H](CC=C)CC(=O)N[C@@H](CO)Cc1ccccc1. The average Bonchev–Trinajstić information content (AvgIpc) is 3.06. The molecule has 0 bridgehead atoms. The van der Waals surface area contributed by atoms with Crippen LogP contribution in [0.5, 0.6) is 0 Å². The minimum Gasteiger partial charge on any atom is -0.463 e. The van der Waals surface area contributed by atoms with Crippen LogP contribution in [0.4, 0.5) is 4.39 Å². The summed E-state index contributed by atoms with van der Waals surface area (Å²) in [5.41, 5.74) is 2.74. The van der Waals surface area contributed by atoms with Crippen molar-refractivity contribution in [1.82, 2.24) is 10.6 Å². The summed E-state index contributed by atoms with van der Waals surface area (Å²) in [7, 11) is 0. The van der Waals surface area contributed by atoms with E-state index in [1.54, 1.807) is 24.3 Å². The molecule has 0 radical (unpaired) electrons. The zero-order valence-electron chi connectivity index (χ0n) is 26.3. The lowest BCUT2D eigenvalue weighted by Crippen LogP contribution is -2.45. The Morgan fingerprint density at radius 3 is 1.91 bits per heavy atom. The maximum atomic E-state index is 13.5. The minimum atomic E-state index is -0.707. The quantitative estimate of drug-likeness (QED) is 0.113.